The molecule has 170 valence electrons. The van der Waals surface area contributed by atoms with Gasteiger partial charge in [-0.15, -0.1) is 11.3 Å². The van der Waals surface area contributed by atoms with Gasteiger partial charge in [-0.3, -0.25) is 4.79 Å². The van der Waals surface area contributed by atoms with E-state index in [2.05, 4.69) is 5.10 Å². The monoisotopic (exact) mass is 468 g/mol. The van der Waals surface area contributed by atoms with Crippen LogP contribution in [0.4, 0.5) is 0 Å². The molecule has 0 saturated carbocycles. The Labute approximate surface area is 193 Å². The molecule has 0 bridgehead atoms. The van der Waals surface area contributed by atoms with Crippen LogP contribution in [-0.2, 0) is 14.3 Å². The Hall–Kier alpha value is -3.92. The lowest BCUT2D eigenvalue weighted by Gasteiger charge is -2.20. The van der Waals surface area contributed by atoms with Gasteiger partial charge in [0.15, 0.2) is 6.61 Å². The molecular weight excluding hydrogens is 448 g/mol. The maximum absolute atomic E-state index is 13.1. The Morgan fingerprint density at radius 2 is 1.82 bits per heavy atom. The third-order valence-electron chi connectivity index (χ3n) is 4.95. The topological polar surface area (TPSA) is 108 Å². The molecule has 10 heteroatoms. The van der Waals surface area contributed by atoms with Gasteiger partial charge < -0.3 is 18.6 Å². The molecule has 1 aromatic carbocycles. The van der Waals surface area contributed by atoms with Gasteiger partial charge >= 0.3 is 11.9 Å². The van der Waals surface area contributed by atoms with Crippen molar-refractivity contribution in [2.75, 3.05) is 20.8 Å². The van der Waals surface area contributed by atoms with E-state index in [1.54, 1.807) is 18.4 Å². The summed E-state index contributed by atoms with van der Waals surface area (Å²) in [5, 5.41) is 7.81. The highest BCUT2D eigenvalue weighted by Crippen LogP contribution is 2.34. The van der Waals surface area contributed by atoms with Crippen molar-refractivity contribution in [3.8, 4) is 5.75 Å². The largest absolute Gasteiger partial charge is 0.484 e. The van der Waals surface area contributed by atoms with E-state index < -0.39 is 23.9 Å². The van der Waals surface area contributed by atoms with Crippen LogP contribution in [-0.4, -0.2) is 49.4 Å². The number of hydrogen-bond acceptors (Lipinski definition) is 9. The van der Waals surface area contributed by atoms with Crippen molar-refractivity contribution in [3.05, 3.63) is 75.9 Å². The molecule has 0 aliphatic carbocycles. The summed E-state index contributed by atoms with van der Waals surface area (Å²) >= 11 is 1.54. The van der Waals surface area contributed by atoms with Gasteiger partial charge in [0.1, 0.15) is 17.6 Å². The highest BCUT2D eigenvalue weighted by Gasteiger charge is 2.35. The Kier molecular flexibility index (Phi) is 6.55. The van der Waals surface area contributed by atoms with Crippen LogP contribution >= 0.6 is 11.3 Å². The molecule has 0 radical (unpaired) electrons. The number of hydrogen-bond donors (Lipinski definition) is 0. The number of rotatable bonds is 7. The molecule has 2 aromatic heterocycles. The minimum Gasteiger partial charge on any atom is -0.484 e. The van der Waals surface area contributed by atoms with E-state index in [1.807, 2.05) is 17.5 Å². The van der Waals surface area contributed by atoms with E-state index in [9.17, 15) is 14.4 Å². The number of ether oxygens (including phenoxy) is 3. The van der Waals surface area contributed by atoms with Gasteiger partial charge in [0.2, 0.25) is 0 Å². The standard InChI is InChI=1S/C23H20N2O7S/c1-29-22(27)14-9-15(23(28)30-2)11-16(10-14)32-13-21(26)25-18(19-5-3-7-31-19)12-17(24-25)20-6-4-8-33-20/h3-11,18H,12-13H2,1-2H3/t18-/m0/s1. The van der Waals surface area contributed by atoms with Gasteiger partial charge in [-0.25, -0.2) is 14.6 Å². The van der Waals surface area contributed by atoms with E-state index in [0.29, 0.717) is 12.2 Å². The predicted molar refractivity (Wildman–Crippen MR) is 118 cm³/mol. The number of benzene rings is 1. The molecule has 1 atom stereocenters. The van der Waals surface area contributed by atoms with Gasteiger partial charge in [-0.1, -0.05) is 6.07 Å². The van der Waals surface area contributed by atoms with Crippen molar-refractivity contribution < 1.29 is 33.0 Å². The number of nitrogens with zero attached hydrogens (tertiary/aromatic N) is 2. The molecule has 0 saturated heterocycles. The summed E-state index contributed by atoms with van der Waals surface area (Å²) in [6.45, 7) is -0.371. The summed E-state index contributed by atoms with van der Waals surface area (Å²) in [7, 11) is 2.45. The highest BCUT2D eigenvalue weighted by molar-refractivity contribution is 7.12. The van der Waals surface area contributed by atoms with E-state index in [-0.39, 0.29) is 23.5 Å². The number of amides is 1. The zero-order chi connectivity index (χ0) is 23.4. The quantitative estimate of drug-likeness (QED) is 0.487. The molecule has 3 aromatic rings. The summed E-state index contributed by atoms with van der Waals surface area (Å²) in [6.07, 6.45) is 2.05. The van der Waals surface area contributed by atoms with Gasteiger partial charge in [0.05, 0.1) is 42.2 Å². The van der Waals surface area contributed by atoms with Crippen LogP contribution in [0, 0.1) is 0 Å². The number of carbonyl (C=O) groups is 3. The molecule has 9 nitrogen and oxygen atoms in total. The van der Waals surface area contributed by atoms with Gasteiger partial charge in [0.25, 0.3) is 5.91 Å². The number of thiophene rings is 1. The van der Waals surface area contributed by atoms with Gasteiger partial charge in [0, 0.05) is 6.42 Å². The summed E-state index contributed by atoms with van der Waals surface area (Å²) in [4.78, 5) is 38.0. The van der Waals surface area contributed by atoms with Gasteiger partial charge in [-0.05, 0) is 41.8 Å². The Morgan fingerprint density at radius 1 is 1.09 bits per heavy atom. The van der Waals surface area contributed by atoms with E-state index in [0.717, 1.165) is 10.6 Å². The molecule has 1 aliphatic heterocycles. The molecule has 4 rings (SSSR count). The smallest absolute Gasteiger partial charge is 0.338 e. The normalized spacial score (nSPS) is 15.2. The second kappa shape index (κ2) is 9.70. The Balaban J connectivity index is 1.55. The minimum atomic E-state index is -0.653. The van der Waals surface area contributed by atoms with E-state index >= 15 is 0 Å². The minimum absolute atomic E-state index is 0.0930. The summed E-state index contributed by atoms with van der Waals surface area (Å²) < 4.78 is 20.6. The van der Waals surface area contributed by atoms with Crippen molar-refractivity contribution in [1.29, 1.82) is 0 Å². The highest BCUT2D eigenvalue weighted by atomic mass is 32.1. The molecular formula is C23H20N2O7S. The fourth-order valence-corrected chi connectivity index (χ4v) is 4.12. The lowest BCUT2D eigenvalue weighted by Crippen LogP contribution is -2.31. The predicted octanol–water partition coefficient (Wildman–Crippen LogP) is 3.67. The van der Waals surface area contributed by atoms with Crippen molar-refractivity contribution >= 4 is 34.9 Å². The first-order chi connectivity index (χ1) is 16.0. The van der Waals surface area contributed by atoms with Crippen LogP contribution in [0.25, 0.3) is 0 Å². The van der Waals surface area contributed by atoms with Gasteiger partial charge in [-0.2, -0.15) is 5.10 Å². The zero-order valence-corrected chi connectivity index (χ0v) is 18.7. The second-order valence-electron chi connectivity index (χ2n) is 7.02. The van der Waals surface area contributed by atoms with Crippen LogP contribution in [0.3, 0.4) is 0 Å². The maximum atomic E-state index is 13.1. The molecule has 0 N–H and O–H groups in total. The van der Waals surface area contributed by atoms with Crippen LogP contribution in [0.15, 0.2) is 63.6 Å². The van der Waals surface area contributed by atoms with Crippen LogP contribution in [0.2, 0.25) is 0 Å². The first-order valence-electron chi connectivity index (χ1n) is 9.91. The SMILES string of the molecule is COC(=O)c1cc(OCC(=O)N2N=C(c3cccs3)C[C@H]2c2ccco2)cc(C(=O)OC)c1. The van der Waals surface area contributed by atoms with E-state index in [4.69, 9.17) is 18.6 Å². The number of carbonyl (C=O) groups excluding carboxylic acids is 3. The Morgan fingerprint density at radius 3 is 2.39 bits per heavy atom. The van der Waals surface area contributed by atoms with Crippen molar-refractivity contribution in [2.24, 2.45) is 5.10 Å². The molecule has 33 heavy (non-hydrogen) atoms. The van der Waals surface area contributed by atoms with E-state index in [1.165, 1.54) is 48.8 Å². The Bertz CT molecular complexity index is 1150. The zero-order valence-electron chi connectivity index (χ0n) is 17.8. The third kappa shape index (κ3) is 4.80. The molecule has 1 amide bonds. The summed E-state index contributed by atoms with van der Waals surface area (Å²) in [5.41, 5.74) is 0.964. The average molecular weight is 468 g/mol. The lowest BCUT2D eigenvalue weighted by molar-refractivity contribution is -0.135. The number of methoxy groups -OCH3 is 2. The number of hydrazone groups is 1. The first-order valence-corrected chi connectivity index (χ1v) is 10.8. The fourth-order valence-electron chi connectivity index (χ4n) is 3.40. The lowest BCUT2D eigenvalue weighted by atomic mass is 10.1. The fraction of sp³-hybridized carbons (Fsp3) is 0.217. The van der Waals surface area contributed by atoms with Crippen molar-refractivity contribution in [2.45, 2.75) is 12.5 Å². The number of esters is 2. The van der Waals surface area contributed by atoms with Crippen LogP contribution in [0.5, 0.6) is 5.75 Å². The molecule has 3 heterocycles. The van der Waals surface area contributed by atoms with Crippen molar-refractivity contribution in [3.63, 3.8) is 0 Å². The van der Waals surface area contributed by atoms with Crippen molar-refractivity contribution in [1.82, 2.24) is 5.01 Å². The van der Waals surface area contributed by atoms with Crippen LogP contribution in [0.1, 0.15) is 43.8 Å². The molecule has 0 unspecified atom stereocenters. The second-order valence-corrected chi connectivity index (χ2v) is 7.96. The number of furan rings is 1. The molecule has 0 fully saturated rings. The molecule has 1 aliphatic rings. The average Bonchev–Trinajstić information content (AvgIpc) is 3.61. The van der Waals surface area contributed by atoms with Crippen LogP contribution < -0.4 is 4.74 Å². The maximum Gasteiger partial charge on any atom is 0.338 e. The first kappa shape index (κ1) is 22.3. The summed E-state index contributed by atoms with van der Waals surface area (Å²) in [6, 6.07) is 11.1. The summed E-state index contributed by atoms with van der Waals surface area (Å²) in [5.74, 6) is -0.965. The molecule has 0 spiro atoms. The third-order valence-corrected chi connectivity index (χ3v) is 5.87.